The van der Waals surface area contributed by atoms with E-state index in [0.717, 1.165) is 19.6 Å². The summed E-state index contributed by atoms with van der Waals surface area (Å²) >= 11 is 0. The van der Waals surface area contributed by atoms with Crippen LogP contribution in [0.25, 0.3) is 0 Å². The van der Waals surface area contributed by atoms with Crippen molar-refractivity contribution in [3.05, 3.63) is 54.4 Å². The maximum Gasteiger partial charge on any atom is 0.244 e. The Morgan fingerprint density at radius 3 is 2.63 bits per heavy atom. The molecular weight excluding hydrogens is 342 g/mol. The predicted molar refractivity (Wildman–Crippen MR) is 101 cm³/mol. The lowest BCUT2D eigenvalue weighted by Gasteiger charge is -2.50. The van der Waals surface area contributed by atoms with Gasteiger partial charge < -0.3 is 10.2 Å². The Morgan fingerprint density at radius 1 is 1.19 bits per heavy atom. The van der Waals surface area contributed by atoms with Gasteiger partial charge in [0.2, 0.25) is 11.8 Å². The van der Waals surface area contributed by atoms with E-state index >= 15 is 0 Å². The van der Waals surface area contributed by atoms with E-state index in [1.165, 1.54) is 5.56 Å². The van der Waals surface area contributed by atoms with E-state index in [0.29, 0.717) is 13.1 Å². The molecule has 2 fully saturated rings. The topological polar surface area (TPSA) is 70.5 Å². The maximum absolute atomic E-state index is 12.5. The standard InChI is InChI=1S/C20H25N5O2/c1-21-19(27)17-11-23(10-16-6-3-2-4-7-16)13-20(17)14-24(15-20)18(26)12-25-9-5-8-22-25/h2-9,17H,10-15H2,1H3,(H,21,27). The smallest absolute Gasteiger partial charge is 0.244 e. The molecule has 1 unspecified atom stereocenters. The van der Waals surface area contributed by atoms with Gasteiger partial charge in [0, 0.05) is 57.6 Å². The Labute approximate surface area is 158 Å². The van der Waals surface area contributed by atoms with E-state index in [9.17, 15) is 9.59 Å². The van der Waals surface area contributed by atoms with Crippen molar-refractivity contribution >= 4 is 11.8 Å². The predicted octanol–water partition coefficient (Wildman–Crippen LogP) is 0.590. The molecule has 7 heteroatoms. The molecule has 0 radical (unpaired) electrons. The molecule has 2 aliphatic rings. The lowest BCUT2D eigenvalue weighted by atomic mass is 9.71. The van der Waals surface area contributed by atoms with E-state index in [1.807, 2.05) is 29.2 Å². The van der Waals surface area contributed by atoms with Gasteiger partial charge in [-0.3, -0.25) is 19.2 Å². The van der Waals surface area contributed by atoms with Gasteiger partial charge in [0.15, 0.2) is 0 Å². The summed E-state index contributed by atoms with van der Waals surface area (Å²) in [5, 5.41) is 6.91. The van der Waals surface area contributed by atoms with E-state index < -0.39 is 0 Å². The van der Waals surface area contributed by atoms with Gasteiger partial charge in [-0.2, -0.15) is 5.10 Å². The van der Waals surface area contributed by atoms with Crippen molar-refractivity contribution in [3.8, 4) is 0 Å². The molecule has 1 aromatic carbocycles. The first-order chi connectivity index (χ1) is 13.1. The average Bonchev–Trinajstić information content (AvgIpc) is 3.28. The van der Waals surface area contributed by atoms with Gasteiger partial charge in [-0.25, -0.2) is 0 Å². The fourth-order valence-corrected chi connectivity index (χ4v) is 4.41. The quantitative estimate of drug-likeness (QED) is 0.840. The third-order valence-electron chi connectivity index (χ3n) is 5.75. The van der Waals surface area contributed by atoms with Crippen molar-refractivity contribution in [1.82, 2.24) is 24.9 Å². The van der Waals surface area contributed by atoms with Crippen LogP contribution in [0, 0.1) is 11.3 Å². The third kappa shape index (κ3) is 3.47. The molecule has 0 bridgehead atoms. The molecule has 0 aliphatic carbocycles. The highest BCUT2D eigenvalue weighted by Crippen LogP contribution is 2.44. The monoisotopic (exact) mass is 367 g/mol. The summed E-state index contributed by atoms with van der Waals surface area (Å²) in [5.74, 6) is 0.0474. The number of nitrogens with one attached hydrogen (secondary N) is 1. The Balaban J connectivity index is 1.42. The van der Waals surface area contributed by atoms with Crippen molar-refractivity contribution in [1.29, 1.82) is 0 Å². The van der Waals surface area contributed by atoms with Crippen LogP contribution in [-0.4, -0.2) is 64.6 Å². The first-order valence-corrected chi connectivity index (χ1v) is 9.33. The molecule has 27 heavy (non-hydrogen) atoms. The molecule has 4 rings (SSSR count). The van der Waals surface area contributed by atoms with Crippen LogP contribution >= 0.6 is 0 Å². The summed E-state index contributed by atoms with van der Waals surface area (Å²) in [4.78, 5) is 29.2. The van der Waals surface area contributed by atoms with Crippen LogP contribution in [0.15, 0.2) is 48.8 Å². The molecule has 1 N–H and O–H groups in total. The number of aromatic nitrogens is 2. The maximum atomic E-state index is 12.5. The molecule has 1 atom stereocenters. The lowest BCUT2D eigenvalue weighted by Crippen LogP contribution is -2.64. The van der Waals surface area contributed by atoms with E-state index in [1.54, 1.807) is 24.1 Å². The molecule has 2 aromatic rings. The first-order valence-electron chi connectivity index (χ1n) is 9.33. The molecule has 1 aromatic heterocycles. The molecule has 2 aliphatic heterocycles. The summed E-state index contributed by atoms with van der Waals surface area (Å²) in [6.07, 6.45) is 3.46. The van der Waals surface area contributed by atoms with Crippen LogP contribution in [0.1, 0.15) is 5.56 Å². The summed E-state index contributed by atoms with van der Waals surface area (Å²) in [6, 6.07) is 12.1. The molecule has 7 nitrogen and oxygen atoms in total. The van der Waals surface area contributed by atoms with Crippen molar-refractivity contribution < 1.29 is 9.59 Å². The second-order valence-corrected chi connectivity index (χ2v) is 7.64. The highest BCUT2D eigenvalue weighted by Gasteiger charge is 2.57. The minimum Gasteiger partial charge on any atom is -0.359 e. The van der Waals surface area contributed by atoms with Crippen LogP contribution in [0.5, 0.6) is 0 Å². The molecular formula is C20H25N5O2. The lowest BCUT2D eigenvalue weighted by molar-refractivity contribution is -0.150. The van der Waals surface area contributed by atoms with Crippen LogP contribution in [0.3, 0.4) is 0 Å². The van der Waals surface area contributed by atoms with Crippen LogP contribution in [-0.2, 0) is 22.7 Å². The zero-order valence-electron chi connectivity index (χ0n) is 15.5. The highest BCUT2D eigenvalue weighted by atomic mass is 16.2. The van der Waals surface area contributed by atoms with Gasteiger partial charge in [0.1, 0.15) is 6.54 Å². The molecule has 142 valence electrons. The number of hydrogen-bond acceptors (Lipinski definition) is 4. The van der Waals surface area contributed by atoms with E-state index in [-0.39, 0.29) is 29.7 Å². The minimum absolute atomic E-state index is 0.0569. The molecule has 1 spiro atoms. The van der Waals surface area contributed by atoms with Gasteiger partial charge in [-0.15, -0.1) is 0 Å². The first kappa shape index (κ1) is 17.7. The molecule has 0 saturated carbocycles. The number of benzene rings is 1. The molecule has 2 saturated heterocycles. The Bertz CT molecular complexity index is 799. The largest absolute Gasteiger partial charge is 0.359 e. The second kappa shape index (κ2) is 7.15. The van der Waals surface area contributed by atoms with E-state index in [4.69, 9.17) is 0 Å². The fourth-order valence-electron chi connectivity index (χ4n) is 4.41. The highest BCUT2D eigenvalue weighted by molar-refractivity contribution is 5.82. The Kier molecular flexibility index (Phi) is 4.70. The number of rotatable bonds is 5. The number of amides is 2. The van der Waals surface area contributed by atoms with Gasteiger partial charge in [-0.1, -0.05) is 30.3 Å². The average molecular weight is 367 g/mol. The Hall–Kier alpha value is -2.67. The van der Waals surface area contributed by atoms with Gasteiger partial charge in [0.25, 0.3) is 0 Å². The number of carbonyl (C=O) groups is 2. The number of nitrogens with zero attached hydrogens (tertiary/aromatic N) is 4. The van der Waals surface area contributed by atoms with Crippen LogP contribution in [0.2, 0.25) is 0 Å². The van der Waals surface area contributed by atoms with Crippen LogP contribution in [0.4, 0.5) is 0 Å². The van der Waals surface area contributed by atoms with Crippen LogP contribution < -0.4 is 5.32 Å². The minimum atomic E-state index is -0.144. The summed E-state index contributed by atoms with van der Waals surface area (Å²) in [6.45, 7) is 3.92. The van der Waals surface area contributed by atoms with Crippen molar-refractivity contribution in [2.24, 2.45) is 11.3 Å². The summed E-state index contributed by atoms with van der Waals surface area (Å²) in [7, 11) is 1.69. The van der Waals surface area contributed by atoms with Crippen molar-refractivity contribution in [2.75, 3.05) is 33.2 Å². The van der Waals surface area contributed by atoms with Crippen molar-refractivity contribution in [3.63, 3.8) is 0 Å². The fraction of sp³-hybridized carbons (Fsp3) is 0.450. The number of carbonyl (C=O) groups excluding carboxylic acids is 2. The molecule has 3 heterocycles. The Morgan fingerprint density at radius 2 is 1.96 bits per heavy atom. The summed E-state index contributed by atoms with van der Waals surface area (Å²) in [5.41, 5.74) is 1.10. The summed E-state index contributed by atoms with van der Waals surface area (Å²) < 4.78 is 1.64. The number of hydrogen-bond donors (Lipinski definition) is 1. The number of likely N-dealkylation sites (tertiary alicyclic amines) is 2. The second-order valence-electron chi connectivity index (χ2n) is 7.64. The van der Waals surface area contributed by atoms with Crippen molar-refractivity contribution in [2.45, 2.75) is 13.1 Å². The normalized spacial score (nSPS) is 21.2. The third-order valence-corrected chi connectivity index (χ3v) is 5.75. The van der Waals surface area contributed by atoms with Gasteiger partial charge >= 0.3 is 0 Å². The zero-order chi connectivity index (χ0) is 18.9. The van der Waals surface area contributed by atoms with E-state index in [2.05, 4.69) is 27.4 Å². The zero-order valence-corrected chi connectivity index (χ0v) is 15.5. The van der Waals surface area contributed by atoms with Gasteiger partial charge in [0.05, 0.1) is 5.92 Å². The molecule has 2 amide bonds. The SMILES string of the molecule is CNC(=O)C1CN(Cc2ccccc2)CC12CN(C(=O)Cn1cccn1)C2. The van der Waals surface area contributed by atoms with Gasteiger partial charge in [-0.05, 0) is 11.6 Å².